The van der Waals surface area contributed by atoms with Crippen LogP contribution in [0.25, 0.3) is 0 Å². The molecule has 1 heterocycles. The quantitative estimate of drug-likeness (QED) is 0.841. The minimum Gasteiger partial charge on any atom is -0.497 e. The lowest BCUT2D eigenvalue weighted by Gasteiger charge is -2.33. The fraction of sp³-hybridized carbons (Fsp3) is 0.571. The number of hydrogen-bond acceptors (Lipinski definition) is 3. The van der Waals surface area contributed by atoms with Crippen molar-refractivity contribution < 1.29 is 4.74 Å². The van der Waals surface area contributed by atoms with Crippen LogP contribution in [0.4, 0.5) is 5.69 Å². The van der Waals surface area contributed by atoms with E-state index in [9.17, 15) is 0 Å². The zero-order valence-electron chi connectivity index (χ0n) is 10.3. The van der Waals surface area contributed by atoms with Gasteiger partial charge in [-0.25, -0.2) is 0 Å². The molecule has 3 heteroatoms. The van der Waals surface area contributed by atoms with E-state index in [1.54, 1.807) is 7.11 Å². The summed E-state index contributed by atoms with van der Waals surface area (Å²) in [4.78, 5) is 0. The molecule has 2 atom stereocenters. The van der Waals surface area contributed by atoms with Crippen LogP contribution >= 0.6 is 0 Å². The van der Waals surface area contributed by atoms with Gasteiger partial charge in [0.05, 0.1) is 7.11 Å². The highest BCUT2D eigenvalue weighted by molar-refractivity contribution is 5.59. The SMILES string of the molecule is COc1ccc2c(c1)NC(C1CC1)CC2CN. The third-order valence-electron chi connectivity index (χ3n) is 4.06. The maximum Gasteiger partial charge on any atom is 0.120 e. The summed E-state index contributed by atoms with van der Waals surface area (Å²) in [5.74, 6) is 2.29. The molecule has 3 nitrogen and oxygen atoms in total. The Hall–Kier alpha value is -1.22. The van der Waals surface area contributed by atoms with Gasteiger partial charge < -0.3 is 15.8 Å². The molecule has 0 bridgehead atoms. The third-order valence-corrected chi connectivity index (χ3v) is 4.06. The zero-order chi connectivity index (χ0) is 11.8. The van der Waals surface area contributed by atoms with Gasteiger partial charge in [0.15, 0.2) is 0 Å². The average Bonchev–Trinajstić information content (AvgIpc) is 3.20. The first-order valence-corrected chi connectivity index (χ1v) is 6.46. The molecule has 1 aliphatic carbocycles. The first-order valence-electron chi connectivity index (χ1n) is 6.46. The van der Waals surface area contributed by atoms with Crippen LogP contribution in [0.2, 0.25) is 0 Å². The summed E-state index contributed by atoms with van der Waals surface area (Å²) in [5, 5.41) is 3.66. The molecule has 1 aromatic rings. The Bertz CT molecular complexity index is 415. The number of rotatable bonds is 3. The molecule has 0 aromatic heterocycles. The van der Waals surface area contributed by atoms with Gasteiger partial charge in [0.2, 0.25) is 0 Å². The largest absolute Gasteiger partial charge is 0.497 e. The van der Waals surface area contributed by atoms with Crippen LogP contribution in [-0.4, -0.2) is 19.7 Å². The summed E-state index contributed by atoms with van der Waals surface area (Å²) in [5.41, 5.74) is 8.49. The molecule has 0 radical (unpaired) electrons. The van der Waals surface area contributed by atoms with E-state index in [1.165, 1.54) is 30.5 Å². The zero-order valence-corrected chi connectivity index (χ0v) is 10.3. The van der Waals surface area contributed by atoms with Crippen molar-refractivity contribution in [1.29, 1.82) is 0 Å². The van der Waals surface area contributed by atoms with Gasteiger partial charge in [0.25, 0.3) is 0 Å². The topological polar surface area (TPSA) is 47.3 Å². The van der Waals surface area contributed by atoms with Crippen molar-refractivity contribution in [2.24, 2.45) is 11.7 Å². The fourth-order valence-electron chi connectivity index (χ4n) is 2.87. The van der Waals surface area contributed by atoms with Crippen LogP contribution in [0.1, 0.15) is 30.7 Å². The predicted octanol–water partition coefficient (Wildman–Crippen LogP) is 2.33. The van der Waals surface area contributed by atoms with Crippen molar-refractivity contribution in [3.63, 3.8) is 0 Å². The molecule has 3 N–H and O–H groups in total. The molecule has 1 aromatic carbocycles. The lowest BCUT2D eigenvalue weighted by atomic mass is 9.85. The Morgan fingerprint density at radius 3 is 2.88 bits per heavy atom. The van der Waals surface area contributed by atoms with Gasteiger partial charge in [-0.3, -0.25) is 0 Å². The maximum absolute atomic E-state index is 5.91. The second-order valence-corrected chi connectivity index (χ2v) is 5.21. The van der Waals surface area contributed by atoms with Crippen molar-refractivity contribution in [2.45, 2.75) is 31.2 Å². The van der Waals surface area contributed by atoms with Crippen LogP contribution < -0.4 is 15.8 Å². The highest BCUT2D eigenvalue weighted by Crippen LogP contribution is 2.43. The fourth-order valence-corrected chi connectivity index (χ4v) is 2.87. The molecule has 0 spiro atoms. The van der Waals surface area contributed by atoms with Gasteiger partial charge in [-0.2, -0.15) is 0 Å². The maximum atomic E-state index is 5.91. The van der Waals surface area contributed by atoms with E-state index in [1.807, 2.05) is 6.07 Å². The highest BCUT2D eigenvalue weighted by Gasteiger charge is 2.36. The van der Waals surface area contributed by atoms with Crippen molar-refractivity contribution in [3.8, 4) is 5.75 Å². The van der Waals surface area contributed by atoms with Crippen molar-refractivity contribution in [2.75, 3.05) is 19.0 Å². The monoisotopic (exact) mass is 232 g/mol. The number of nitrogens with two attached hydrogens (primary N) is 1. The number of ether oxygens (including phenoxy) is 1. The van der Waals surface area contributed by atoms with E-state index in [0.717, 1.165) is 18.2 Å². The minimum absolute atomic E-state index is 0.503. The van der Waals surface area contributed by atoms with Gasteiger partial charge in [-0.1, -0.05) is 6.07 Å². The molecule has 2 aliphatic rings. The van der Waals surface area contributed by atoms with Crippen molar-refractivity contribution in [1.82, 2.24) is 0 Å². The van der Waals surface area contributed by atoms with Gasteiger partial charge >= 0.3 is 0 Å². The van der Waals surface area contributed by atoms with E-state index >= 15 is 0 Å². The number of methoxy groups -OCH3 is 1. The Labute approximate surface area is 102 Å². The average molecular weight is 232 g/mol. The molecular formula is C14H20N2O. The smallest absolute Gasteiger partial charge is 0.120 e. The van der Waals surface area contributed by atoms with Crippen LogP contribution in [0.15, 0.2) is 18.2 Å². The standard InChI is InChI=1S/C14H20N2O/c1-17-11-4-5-12-10(8-15)6-13(9-2-3-9)16-14(12)7-11/h4-5,7,9-10,13,16H,2-3,6,8,15H2,1H3. The van der Waals surface area contributed by atoms with E-state index in [2.05, 4.69) is 17.4 Å². The molecule has 1 fully saturated rings. The van der Waals surface area contributed by atoms with Gasteiger partial charge in [0.1, 0.15) is 5.75 Å². The van der Waals surface area contributed by atoms with E-state index in [4.69, 9.17) is 10.5 Å². The normalized spacial score (nSPS) is 27.2. The van der Waals surface area contributed by atoms with Crippen LogP contribution in [-0.2, 0) is 0 Å². The molecule has 17 heavy (non-hydrogen) atoms. The number of hydrogen-bond donors (Lipinski definition) is 2. The van der Waals surface area contributed by atoms with Gasteiger partial charge in [0, 0.05) is 23.7 Å². The third kappa shape index (κ3) is 2.00. The Morgan fingerprint density at radius 1 is 1.41 bits per heavy atom. The second-order valence-electron chi connectivity index (χ2n) is 5.21. The summed E-state index contributed by atoms with van der Waals surface area (Å²) in [6, 6.07) is 6.90. The first-order chi connectivity index (χ1) is 8.31. The van der Waals surface area contributed by atoms with Crippen LogP contribution in [0.3, 0.4) is 0 Å². The molecular weight excluding hydrogens is 212 g/mol. The molecule has 1 aliphatic heterocycles. The molecule has 92 valence electrons. The second kappa shape index (κ2) is 4.22. The van der Waals surface area contributed by atoms with E-state index in [-0.39, 0.29) is 0 Å². The lowest BCUT2D eigenvalue weighted by molar-refractivity contribution is 0.413. The van der Waals surface area contributed by atoms with E-state index in [0.29, 0.717) is 12.0 Å². The summed E-state index contributed by atoms with van der Waals surface area (Å²) in [7, 11) is 1.71. The highest BCUT2D eigenvalue weighted by atomic mass is 16.5. The minimum atomic E-state index is 0.503. The summed E-state index contributed by atoms with van der Waals surface area (Å²) >= 11 is 0. The molecule has 0 amide bonds. The molecule has 2 unspecified atom stereocenters. The van der Waals surface area contributed by atoms with Crippen molar-refractivity contribution >= 4 is 5.69 Å². The Kier molecular flexibility index (Phi) is 2.71. The van der Waals surface area contributed by atoms with Crippen molar-refractivity contribution in [3.05, 3.63) is 23.8 Å². The first kappa shape index (κ1) is 10.9. The Morgan fingerprint density at radius 2 is 2.24 bits per heavy atom. The number of benzene rings is 1. The lowest BCUT2D eigenvalue weighted by Crippen LogP contribution is -2.32. The predicted molar refractivity (Wildman–Crippen MR) is 69.5 cm³/mol. The summed E-state index contributed by atoms with van der Waals surface area (Å²) < 4.78 is 5.29. The van der Waals surface area contributed by atoms with Gasteiger partial charge in [-0.05, 0) is 43.4 Å². The summed E-state index contributed by atoms with van der Waals surface area (Å²) in [6.07, 6.45) is 3.92. The van der Waals surface area contributed by atoms with Gasteiger partial charge in [-0.15, -0.1) is 0 Å². The molecule has 1 saturated carbocycles. The van der Waals surface area contributed by atoms with Crippen LogP contribution in [0.5, 0.6) is 5.75 Å². The van der Waals surface area contributed by atoms with E-state index < -0.39 is 0 Å². The molecule has 3 rings (SSSR count). The number of fused-ring (bicyclic) bond motifs is 1. The van der Waals surface area contributed by atoms with Crippen LogP contribution in [0, 0.1) is 5.92 Å². The Balaban J connectivity index is 1.92. The number of nitrogens with one attached hydrogen (secondary N) is 1. The number of anilines is 1. The molecule has 0 saturated heterocycles. The summed E-state index contributed by atoms with van der Waals surface area (Å²) in [6.45, 7) is 0.740.